The lowest BCUT2D eigenvalue weighted by atomic mass is 10.4. The van der Waals surface area contributed by atoms with E-state index in [0.717, 1.165) is 0 Å². The predicted molar refractivity (Wildman–Crippen MR) is 47.7 cm³/mol. The van der Waals surface area contributed by atoms with Gasteiger partial charge in [-0.15, -0.1) is 0 Å². The first-order chi connectivity index (χ1) is 7.31. The van der Waals surface area contributed by atoms with Gasteiger partial charge in [-0.05, 0) is 6.92 Å². The Morgan fingerprint density at radius 1 is 1.53 bits per heavy atom. The molecule has 2 N–H and O–H groups in total. The van der Waals surface area contributed by atoms with Crippen molar-refractivity contribution in [1.82, 2.24) is 30.6 Å². The lowest BCUT2D eigenvalue weighted by Gasteiger charge is -1.94. The van der Waals surface area contributed by atoms with Crippen molar-refractivity contribution in [2.24, 2.45) is 0 Å². The Balaban J connectivity index is 2.21. The molecule has 2 rings (SSSR count). The van der Waals surface area contributed by atoms with Crippen LogP contribution in [-0.2, 0) is 4.74 Å². The Bertz CT molecular complexity index is 448. The molecule has 8 nitrogen and oxygen atoms in total. The highest BCUT2D eigenvalue weighted by atomic mass is 16.5. The molecule has 0 saturated heterocycles. The van der Waals surface area contributed by atoms with Crippen LogP contribution in [0.1, 0.15) is 17.5 Å². The van der Waals surface area contributed by atoms with E-state index >= 15 is 0 Å². The van der Waals surface area contributed by atoms with Crippen molar-refractivity contribution in [1.29, 1.82) is 0 Å². The summed E-state index contributed by atoms with van der Waals surface area (Å²) >= 11 is 0. The van der Waals surface area contributed by atoms with Gasteiger partial charge in [0, 0.05) is 0 Å². The fourth-order valence-electron chi connectivity index (χ4n) is 0.976. The van der Waals surface area contributed by atoms with Crippen LogP contribution in [0.15, 0.2) is 6.20 Å². The Labute approximate surface area is 84.1 Å². The van der Waals surface area contributed by atoms with Gasteiger partial charge in [-0.1, -0.05) is 0 Å². The highest BCUT2D eigenvalue weighted by Crippen LogP contribution is 2.08. The lowest BCUT2D eigenvalue weighted by molar-refractivity contribution is 0.0512. The SMILES string of the molecule is CCOC(=O)c1nc(-c2cn[nH]n2)n[nH]1. The van der Waals surface area contributed by atoms with E-state index in [1.807, 2.05) is 0 Å². The normalized spacial score (nSPS) is 10.2. The summed E-state index contributed by atoms with van der Waals surface area (Å²) in [5.74, 6) is -0.193. The van der Waals surface area contributed by atoms with Crippen molar-refractivity contribution in [3.63, 3.8) is 0 Å². The summed E-state index contributed by atoms with van der Waals surface area (Å²) < 4.78 is 4.74. The number of ether oxygens (including phenoxy) is 1. The van der Waals surface area contributed by atoms with Crippen LogP contribution in [0.3, 0.4) is 0 Å². The molecule has 0 bridgehead atoms. The van der Waals surface area contributed by atoms with Crippen LogP contribution in [0, 0.1) is 0 Å². The van der Waals surface area contributed by atoms with Gasteiger partial charge in [0.1, 0.15) is 0 Å². The van der Waals surface area contributed by atoms with Gasteiger partial charge in [-0.25, -0.2) is 4.79 Å². The summed E-state index contributed by atoms with van der Waals surface area (Å²) in [6.07, 6.45) is 1.46. The maximum Gasteiger partial charge on any atom is 0.375 e. The van der Waals surface area contributed by atoms with Gasteiger partial charge in [0.2, 0.25) is 11.6 Å². The number of aromatic amines is 2. The molecular formula is C7H8N6O2. The number of rotatable bonds is 3. The molecule has 0 aromatic carbocycles. The van der Waals surface area contributed by atoms with Gasteiger partial charge in [-0.2, -0.15) is 25.5 Å². The van der Waals surface area contributed by atoms with E-state index in [-0.39, 0.29) is 5.82 Å². The van der Waals surface area contributed by atoms with Gasteiger partial charge in [-0.3, -0.25) is 5.10 Å². The van der Waals surface area contributed by atoms with E-state index < -0.39 is 5.97 Å². The summed E-state index contributed by atoms with van der Waals surface area (Å²) in [5.41, 5.74) is 0.460. The zero-order valence-electron chi connectivity index (χ0n) is 7.89. The molecule has 2 aromatic heterocycles. The van der Waals surface area contributed by atoms with Crippen molar-refractivity contribution < 1.29 is 9.53 Å². The lowest BCUT2D eigenvalue weighted by Crippen LogP contribution is -2.06. The van der Waals surface area contributed by atoms with Crippen molar-refractivity contribution in [3.8, 4) is 11.5 Å². The van der Waals surface area contributed by atoms with Crippen molar-refractivity contribution in [3.05, 3.63) is 12.0 Å². The molecule has 0 atom stereocenters. The van der Waals surface area contributed by atoms with Gasteiger partial charge in [0.25, 0.3) is 0 Å². The van der Waals surface area contributed by atoms with Crippen molar-refractivity contribution in [2.75, 3.05) is 6.61 Å². The highest BCUT2D eigenvalue weighted by molar-refractivity contribution is 5.85. The third-order valence-electron chi connectivity index (χ3n) is 1.60. The van der Waals surface area contributed by atoms with Crippen LogP contribution < -0.4 is 0 Å². The summed E-state index contributed by atoms with van der Waals surface area (Å²) in [6, 6.07) is 0. The van der Waals surface area contributed by atoms with Crippen LogP contribution in [0.5, 0.6) is 0 Å². The monoisotopic (exact) mass is 208 g/mol. The fourth-order valence-corrected chi connectivity index (χ4v) is 0.976. The molecule has 2 heterocycles. The molecule has 0 radical (unpaired) electrons. The third-order valence-corrected chi connectivity index (χ3v) is 1.60. The largest absolute Gasteiger partial charge is 0.460 e. The number of hydrogen-bond donors (Lipinski definition) is 2. The number of carbonyl (C=O) groups is 1. The summed E-state index contributed by atoms with van der Waals surface area (Å²) in [6.45, 7) is 2.01. The van der Waals surface area contributed by atoms with Crippen LogP contribution in [0.4, 0.5) is 0 Å². The van der Waals surface area contributed by atoms with Gasteiger partial charge >= 0.3 is 5.97 Å². The fraction of sp³-hybridized carbons (Fsp3) is 0.286. The molecule has 0 fully saturated rings. The first kappa shape index (κ1) is 9.31. The Hall–Kier alpha value is -2.25. The first-order valence-corrected chi connectivity index (χ1v) is 4.27. The maximum atomic E-state index is 11.2. The van der Waals surface area contributed by atoms with E-state index in [9.17, 15) is 4.79 Å². The minimum Gasteiger partial charge on any atom is -0.460 e. The molecule has 2 aromatic rings. The zero-order chi connectivity index (χ0) is 10.7. The van der Waals surface area contributed by atoms with Crippen LogP contribution >= 0.6 is 0 Å². The molecule has 8 heteroatoms. The molecule has 0 aliphatic heterocycles. The molecule has 0 unspecified atom stereocenters. The van der Waals surface area contributed by atoms with E-state index in [2.05, 4.69) is 30.6 Å². The maximum absolute atomic E-state index is 11.2. The van der Waals surface area contributed by atoms with Crippen molar-refractivity contribution >= 4 is 5.97 Å². The number of hydrogen-bond acceptors (Lipinski definition) is 6. The average Bonchev–Trinajstić information content (AvgIpc) is 2.89. The minimum atomic E-state index is -0.542. The zero-order valence-corrected chi connectivity index (χ0v) is 7.89. The van der Waals surface area contributed by atoms with E-state index in [4.69, 9.17) is 4.74 Å². The van der Waals surface area contributed by atoms with E-state index in [0.29, 0.717) is 18.1 Å². The third kappa shape index (κ3) is 1.82. The minimum absolute atomic E-state index is 0.0508. The average molecular weight is 208 g/mol. The van der Waals surface area contributed by atoms with Crippen LogP contribution in [-0.4, -0.2) is 43.2 Å². The first-order valence-electron chi connectivity index (χ1n) is 4.27. The second kappa shape index (κ2) is 3.86. The van der Waals surface area contributed by atoms with Gasteiger partial charge in [0.05, 0.1) is 12.8 Å². The smallest absolute Gasteiger partial charge is 0.375 e. The van der Waals surface area contributed by atoms with Crippen LogP contribution in [0.2, 0.25) is 0 Å². The molecule has 0 aliphatic rings. The molecule has 0 spiro atoms. The van der Waals surface area contributed by atoms with Crippen molar-refractivity contribution in [2.45, 2.75) is 6.92 Å². The van der Waals surface area contributed by atoms with Gasteiger partial charge < -0.3 is 4.74 Å². The van der Waals surface area contributed by atoms with E-state index in [1.165, 1.54) is 6.20 Å². The van der Waals surface area contributed by atoms with E-state index in [1.54, 1.807) is 6.92 Å². The Morgan fingerprint density at radius 2 is 2.40 bits per heavy atom. The second-order valence-electron chi connectivity index (χ2n) is 2.58. The highest BCUT2D eigenvalue weighted by Gasteiger charge is 2.14. The summed E-state index contributed by atoms with van der Waals surface area (Å²) in [4.78, 5) is 15.1. The number of esters is 1. The molecule has 0 amide bonds. The molecule has 0 saturated carbocycles. The van der Waals surface area contributed by atoms with Gasteiger partial charge in [0.15, 0.2) is 5.69 Å². The Kier molecular flexibility index (Phi) is 2.40. The molecule has 78 valence electrons. The summed E-state index contributed by atoms with van der Waals surface area (Å²) in [5, 5.41) is 16.1. The predicted octanol–water partition coefficient (Wildman–Crippen LogP) is -0.234. The molecule has 15 heavy (non-hydrogen) atoms. The standard InChI is InChI=1S/C7H8N6O2/c1-2-15-7(14)6-9-5(11-12-6)4-3-8-13-10-4/h3H,2H2,1H3,(H,8,10,13)(H,9,11,12). The number of H-pyrrole nitrogens is 2. The quantitative estimate of drug-likeness (QED) is 0.674. The second-order valence-corrected chi connectivity index (χ2v) is 2.58. The molecular weight excluding hydrogens is 200 g/mol. The molecule has 0 aliphatic carbocycles. The Morgan fingerprint density at radius 3 is 3.07 bits per heavy atom. The summed E-state index contributed by atoms with van der Waals surface area (Å²) in [7, 11) is 0. The topological polar surface area (TPSA) is 109 Å². The number of nitrogens with one attached hydrogen (secondary N) is 2. The number of aromatic nitrogens is 6. The number of carbonyl (C=O) groups excluding carboxylic acids is 1. The number of nitrogens with zero attached hydrogens (tertiary/aromatic N) is 4. The van der Waals surface area contributed by atoms with Crippen LogP contribution in [0.25, 0.3) is 11.5 Å².